The second-order valence-corrected chi connectivity index (χ2v) is 12.0. The first-order chi connectivity index (χ1) is 17.7. The van der Waals surface area contributed by atoms with Crippen LogP contribution in [0, 0.1) is 24.4 Å². The van der Waals surface area contributed by atoms with Crippen LogP contribution in [0.1, 0.15) is 35.0 Å². The van der Waals surface area contributed by atoms with Crippen LogP contribution in [0.3, 0.4) is 0 Å². The van der Waals surface area contributed by atoms with Crippen LogP contribution in [0.4, 0.5) is 13.2 Å². The van der Waals surface area contributed by atoms with Crippen LogP contribution < -0.4 is 5.32 Å². The normalized spacial score (nSPS) is 14.7. The lowest BCUT2D eigenvalue weighted by Crippen LogP contribution is -2.26. The van der Waals surface area contributed by atoms with Crippen molar-refractivity contribution in [1.82, 2.24) is 15.3 Å². The second kappa shape index (κ2) is 10.4. The molecule has 0 saturated carbocycles. The Bertz CT molecular complexity index is 1570. The smallest absolute Gasteiger partial charge is 0.185 e. The lowest BCUT2D eigenvalue weighted by molar-refractivity contribution is 0.459. The Morgan fingerprint density at radius 3 is 2.59 bits per heavy atom. The lowest BCUT2D eigenvalue weighted by Gasteiger charge is -2.20. The molecule has 192 valence electrons. The van der Waals surface area contributed by atoms with Crippen molar-refractivity contribution in [3.63, 3.8) is 0 Å². The molecule has 1 saturated heterocycles. The van der Waals surface area contributed by atoms with Gasteiger partial charge in [-0.3, -0.25) is 4.98 Å². The third kappa shape index (κ3) is 5.32. The molecule has 2 aromatic carbocycles. The molecule has 4 aromatic rings. The van der Waals surface area contributed by atoms with Crippen LogP contribution in [0.2, 0.25) is 0 Å². The number of benzene rings is 2. The van der Waals surface area contributed by atoms with Gasteiger partial charge in [-0.1, -0.05) is 12.1 Å². The van der Waals surface area contributed by atoms with Crippen LogP contribution in [-0.4, -0.2) is 31.5 Å². The summed E-state index contributed by atoms with van der Waals surface area (Å²) in [6.45, 7) is 3.62. The number of hydrogen-bond acceptors (Lipinski definition) is 6. The number of halogens is 3. The number of piperidine rings is 1. The minimum absolute atomic E-state index is 0.144. The van der Waals surface area contributed by atoms with E-state index >= 15 is 4.39 Å². The highest BCUT2D eigenvalue weighted by Crippen LogP contribution is 2.42. The molecule has 1 aliphatic rings. The Morgan fingerprint density at radius 1 is 1.05 bits per heavy atom. The summed E-state index contributed by atoms with van der Waals surface area (Å²) < 4.78 is 69.6. The molecule has 3 heterocycles. The Labute approximate surface area is 217 Å². The fourth-order valence-electron chi connectivity index (χ4n) is 4.52. The van der Waals surface area contributed by atoms with E-state index < -0.39 is 37.9 Å². The number of aromatic nitrogens is 2. The molecule has 0 aliphatic carbocycles. The highest BCUT2D eigenvalue weighted by Gasteiger charge is 2.27. The van der Waals surface area contributed by atoms with Gasteiger partial charge in [0.25, 0.3) is 0 Å². The Kier molecular flexibility index (Phi) is 7.15. The summed E-state index contributed by atoms with van der Waals surface area (Å²) in [6.07, 6.45) is 3.52. The van der Waals surface area contributed by atoms with Gasteiger partial charge in [-0.15, -0.1) is 11.3 Å². The number of nitrogens with one attached hydrogen (secondary N) is 1. The van der Waals surface area contributed by atoms with Gasteiger partial charge in [0.2, 0.25) is 0 Å². The predicted octanol–water partition coefficient (Wildman–Crippen LogP) is 6.04. The Balaban J connectivity index is 1.59. The van der Waals surface area contributed by atoms with E-state index in [1.54, 1.807) is 18.3 Å². The standard InChI is InChI=1S/C27H24F3N3O2S2/c1-16-13-18(9-12-32-16)26-25(33-27(36-26)17-7-10-31-11-8-17)21-4-2-3-19(24(21)30)15-37(34,35)23-14-20(28)5-6-22(23)29/h2-6,9,12-14,17,31H,7-8,10-11,15H2,1H3. The second-order valence-electron chi connectivity index (χ2n) is 9.05. The quantitative estimate of drug-likeness (QED) is 0.321. The Morgan fingerprint density at radius 2 is 1.84 bits per heavy atom. The largest absolute Gasteiger partial charge is 0.317 e. The maximum atomic E-state index is 15.9. The SMILES string of the molecule is Cc1cc(-c2sc(C3CCNCC3)nc2-c2cccc(CS(=O)(=O)c3cc(F)ccc3F)c2F)ccn1. The fraction of sp³-hybridized carbons (Fsp3) is 0.259. The van der Waals surface area contributed by atoms with Gasteiger partial charge >= 0.3 is 0 Å². The van der Waals surface area contributed by atoms with Gasteiger partial charge < -0.3 is 5.32 Å². The zero-order valence-corrected chi connectivity index (χ0v) is 21.6. The highest BCUT2D eigenvalue weighted by atomic mass is 32.2. The molecular weight excluding hydrogens is 519 g/mol. The van der Waals surface area contributed by atoms with Crippen molar-refractivity contribution in [2.45, 2.75) is 36.3 Å². The summed E-state index contributed by atoms with van der Waals surface area (Å²) in [5.74, 6) is -3.30. The van der Waals surface area contributed by atoms with E-state index in [4.69, 9.17) is 4.98 Å². The minimum Gasteiger partial charge on any atom is -0.317 e. The van der Waals surface area contributed by atoms with Crippen molar-refractivity contribution < 1.29 is 21.6 Å². The zero-order chi connectivity index (χ0) is 26.2. The molecule has 5 nitrogen and oxygen atoms in total. The summed E-state index contributed by atoms with van der Waals surface area (Å²) in [7, 11) is -4.36. The lowest BCUT2D eigenvalue weighted by atomic mass is 9.99. The monoisotopic (exact) mass is 543 g/mol. The number of thiazole rings is 1. The van der Waals surface area contributed by atoms with E-state index in [1.807, 2.05) is 19.1 Å². The van der Waals surface area contributed by atoms with Crippen molar-refractivity contribution in [2.24, 2.45) is 0 Å². The number of nitrogens with zero attached hydrogens (tertiary/aromatic N) is 2. The van der Waals surface area contributed by atoms with Crippen LogP contribution in [0.15, 0.2) is 59.6 Å². The van der Waals surface area contributed by atoms with Crippen LogP contribution in [-0.2, 0) is 15.6 Å². The van der Waals surface area contributed by atoms with E-state index in [1.165, 1.54) is 17.4 Å². The van der Waals surface area contributed by atoms with Crippen LogP contribution >= 0.6 is 11.3 Å². The maximum Gasteiger partial charge on any atom is 0.185 e. The number of hydrogen-bond donors (Lipinski definition) is 1. The molecule has 2 aromatic heterocycles. The highest BCUT2D eigenvalue weighted by molar-refractivity contribution is 7.90. The number of pyridine rings is 1. The van der Waals surface area contributed by atoms with Crippen molar-refractivity contribution >= 4 is 21.2 Å². The van der Waals surface area contributed by atoms with Crippen molar-refractivity contribution in [3.05, 3.63) is 88.4 Å². The molecule has 5 rings (SSSR count). The van der Waals surface area contributed by atoms with Gasteiger partial charge in [0, 0.05) is 28.9 Å². The molecule has 1 N–H and O–H groups in total. The minimum atomic E-state index is -4.36. The fourth-order valence-corrected chi connectivity index (χ4v) is 7.21. The summed E-state index contributed by atoms with van der Waals surface area (Å²) in [4.78, 5) is 9.09. The van der Waals surface area contributed by atoms with E-state index in [9.17, 15) is 17.2 Å². The first-order valence-corrected chi connectivity index (χ1v) is 14.3. The van der Waals surface area contributed by atoms with Gasteiger partial charge in [-0.25, -0.2) is 26.6 Å². The van der Waals surface area contributed by atoms with Gasteiger partial charge in [-0.2, -0.15) is 0 Å². The van der Waals surface area contributed by atoms with Crippen LogP contribution in [0.25, 0.3) is 21.7 Å². The van der Waals surface area contributed by atoms with Crippen molar-refractivity contribution in [1.29, 1.82) is 0 Å². The van der Waals surface area contributed by atoms with Gasteiger partial charge in [-0.05, 0) is 74.8 Å². The number of sulfone groups is 1. The van der Waals surface area contributed by atoms with E-state index in [2.05, 4.69) is 10.3 Å². The third-order valence-electron chi connectivity index (χ3n) is 6.40. The van der Waals surface area contributed by atoms with Gasteiger partial charge in [0.15, 0.2) is 9.84 Å². The molecule has 0 bridgehead atoms. The predicted molar refractivity (Wildman–Crippen MR) is 138 cm³/mol. The molecule has 0 radical (unpaired) electrons. The molecule has 10 heteroatoms. The van der Waals surface area contributed by atoms with Gasteiger partial charge in [0.05, 0.1) is 21.3 Å². The van der Waals surface area contributed by atoms with Gasteiger partial charge in [0.1, 0.15) is 22.3 Å². The summed E-state index contributed by atoms with van der Waals surface area (Å²) in [5, 5.41) is 4.24. The summed E-state index contributed by atoms with van der Waals surface area (Å²) in [6, 6.07) is 10.4. The zero-order valence-electron chi connectivity index (χ0n) is 20.0. The van der Waals surface area contributed by atoms with Crippen LogP contribution in [0.5, 0.6) is 0 Å². The number of rotatable bonds is 6. The molecule has 0 amide bonds. The molecule has 0 spiro atoms. The summed E-state index contributed by atoms with van der Waals surface area (Å²) in [5.41, 5.74) is 2.10. The molecule has 1 aliphatic heterocycles. The first kappa shape index (κ1) is 25.6. The van der Waals surface area contributed by atoms with E-state index in [0.29, 0.717) is 11.8 Å². The topological polar surface area (TPSA) is 72.0 Å². The van der Waals surface area contributed by atoms with E-state index in [-0.39, 0.29) is 17.0 Å². The number of aryl methyl sites for hydroxylation is 1. The van der Waals surface area contributed by atoms with Crippen molar-refractivity contribution in [2.75, 3.05) is 13.1 Å². The summed E-state index contributed by atoms with van der Waals surface area (Å²) >= 11 is 1.51. The molecule has 0 unspecified atom stereocenters. The third-order valence-corrected chi connectivity index (χ3v) is 9.34. The first-order valence-electron chi connectivity index (χ1n) is 11.8. The van der Waals surface area contributed by atoms with Crippen molar-refractivity contribution in [3.8, 4) is 21.7 Å². The maximum absolute atomic E-state index is 15.9. The Hall–Kier alpha value is -3.08. The molecule has 1 fully saturated rings. The average Bonchev–Trinajstić information content (AvgIpc) is 3.32. The molecule has 0 atom stereocenters. The molecular formula is C27H24F3N3O2S2. The average molecular weight is 544 g/mol. The van der Waals surface area contributed by atoms with E-state index in [0.717, 1.165) is 59.2 Å². The molecule has 37 heavy (non-hydrogen) atoms.